The van der Waals surface area contributed by atoms with E-state index in [4.69, 9.17) is 4.74 Å². The van der Waals surface area contributed by atoms with Crippen molar-refractivity contribution >= 4 is 0 Å². The first kappa shape index (κ1) is 17.9. The first-order chi connectivity index (χ1) is 11.6. The standard InChI is InChI=1S/C24H40O/c1-16(25-17(2)18-9-10-23(5)14-20(23)11-18)7-8-19-12-22(3,4)13-21-15-24(19,21)6/h16,18-21H,2,7-15H2,1,3-6H3. The SMILES string of the molecule is C=C(OC(C)CCC1CC(C)(C)CC2CC12C)C1CCC2(C)CC2C1. The van der Waals surface area contributed by atoms with Crippen molar-refractivity contribution in [3.8, 4) is 0 Å². The van der Waals surface area contributed by atoms with Gasteiger partial charge in [0.05, 0.1) is 11.9 Å². The van der Waals surface area contributed by atoms with Gasteiger partial charge in [-0.05, 0) is 98.7 Å². The Morgan fingerprint density at radius 3 is 2.56 bits per heavy atom. The molecule has 0 N–H and O–H groups in total. The minimum Gasteiger partial charge on any atom is -0.495 e. The number of hydrogen-bond acceptors (Lipinski definition) is 1. The average Bonchev–Trinajstić information content (AvgIpc) is 3.37. The molecule has 4 saturated carbocycles. The molecule has 142 valence electrons. The van der Waals surface area contributed by atoms with Gasteiger partial charge in [0.25, 0.3) is 0 Å². The van der Waals surface area contributed by atoms with Crippen LogP contribution in [-0.4, -0.2) is 6.10 Å². The van der Waals surface area contributed by atoms with Gasteiger partial charge in [-0.3, -0.25) is 0 Å². The molecule has 4 fully saturated rings. The second kappa shape index (κ2) is 5.77. The number of fused-ring (bicyclic) bond motifs is 2. The molecule has 1 heteroatoms. The molecule has 7 atom stereocenters. The molecule has 0 saturated heterocycles. The maximum atomic E-state index is 6.32. The highest BCUT2D eigenvalue weighted by atomic mass is 16.5. The summed E-state index contributed by atoms with van der Waals surface area (Å²) < 4.78 is 6.32. The van der Waals surface area contributed by atoms with E-state index in [0.717, 1.165) is 23.5 Å². The molecule has 4 aliphatic carbocycles. The summed E-state index contributed by atoms with van der Waals surface area (Å²) in [7, 11) is 0. The van der Waals surface area contributed by atoms with Crippen LogP contribution in [0.4, 0.5) is 0 Å². The highest BCUT2D eigenvalue weighted by molar-refractivity contribution is 5.10. The van der Waals surface area contributed by atoms with Crippen LogP contribution in [0.25, 0.3) is 0 Å². The highest BCUT2D eigenvalue weighted by Crippen LogP contribution is 2.68. The maximum Gasteiger partial charge on any atom is 0.0954 e. The van der Waals surface area contributed by atoms with Crippen molar-refractivity contribution in [2.45, 2.75) is 98.5 Å². The van der Waals surface area contributed by atoms with Crippen molar-refractivity contribution in [2.75, 3.05) is 0 Å². The lowest BCUT2D eigenvalue weighted by molar-refractivity contribution is 0.0624. The lowest BCUT2D eigenvalue weighted by atomic mass is 9.66. The van der Waals surface area contributed by atoms with Gasteiger partial charge in [-0.15, -0.1) is 0 Å². The van der Waals surface area contributed by atoms with Crippen molar-refractivity contribution in [3.05, 3.63) is 12.3 Å². The largest absolute Gasteiger partial charge is 0.495 e. The lowest BCUT2D eigenvalue weighted by Gasteiger charge is -2.40. The maximum absolute atomic E-state index is 6.32. The zero-order valence-corrected chi connectivity index (χ0v) is 17.4. The summed E-state index contributed by atoms with van der Waals surface area (Å²) in [5, 5.41) is 0. The smallest absolute Gasteiger partial charge is 0.0954 e. The molecule has 1 nitrogen and oxygen atoms in total. The molecule has 7 unspecified atom stereocenters. The van der Waals surface area contributed by atoms with Crippen molar-refractivity contribution in [1.29, 1.82) is 0 Å². The van der Waals surface area contributed by atoms with E-state index in [1.807, 2.05) is 0 Å². The van der Waals surface area contributed by atoms with Crippen LogP contribution in [0.3, 0.4) is 0 Å². The van der Waals surface area contributed by atoms with E-state index >= 15 is 0 Å². The van der Waals surface area contributed by atoms with Crippen molar-refractivity contribution < 1.29 is 4.74 Å². The zero-order valence-electron chi connectivity index (χ0n) is 17.4. The fraction of sp³-hybridized carbons (Fsp3) is 0.917. The van der Waals surface area contributed by atoms with E-state index in [1.54, 1.807) is 0 Å². The molecular weight excluding hydrogens is 304 g/mol. The molecule has 0 radical (unpaired) electrons. The van der Waals surface area contributed by atoms with Crippen molar-refractivity contribution in [1.82, 2.24) is 0 Å². The first-order valence-corrected chi connectivity index (χ1v) is 11.0. The fourth-order valence-corrected chi connectivity index (χ4v) is 6.64. The van der Waals surface area contributed by atoms with E-state index in [0.29, 0.717) is 28.3 Å². The number of rotatable bonds is 6. The fourth-order valence-electron chi connectivity index (χ4n) is 6.64. The molecule has 0 spiro atoms. The average molecular weight is 345 g/mol. The molecule has 0 heterocycles. The third-order valence-corrected chi connectivity index (χ3v) is 8.89. The van der Waals surface area contributed by atoms with Crippen molar-refractivity contribution in [2.24, 2.45) is 39.9 Å². The second-order valence-electron chi connectivity index (χ2n) is 11.7. The molecule has 0 aromatic carbocycles. The van der Waals surface area contributed by atoms with Gasteiger partial charge in [0.2, 0.25) is 0 Å². The Bertz CT molecular complexity index is 548. The summed E-state index contributed by atoms with van der Waals surface area (Å²) in [6, 6.07) is 0. The molecule has 0 bridgehead atoms. The Hall–Kier alpha value is -0.460. The van der Waals surface area contributed by atoms with Crippen LogP contribution in [0.2, 0.25) is 0 Å². The molecule has 4 aliphatic rings. The molecule has 4 rings (SSSR count). The summed E-state index contributed by atoms with van der Waals surface area (Å²) in [4.78, 5) is 0. The summed E-state index contributed by atoms with van der Waals surface area (Å²) in [5.41, 5.74) is 1.90. The summed E-state index contributed by atoms with van der Waals surface area (Å²) in [5.74, 6) is 4.59. The predicted octanol–water partition coefficient (Wildman–Crippen LogP) is 6.97. The predicted molar refractivity (Wildman–Crippen MR) is 105 cm³/mol. The first-order valence-electron chi connectivity index (χ1n) is 11.0. The Morgan fingerprint density at radius 2 is 1.84 bits per heavy atom. The molecule has 0 aromatic heterocycles. The van der Waals surface area contributed by atoms with Gasteiger partial charge in [0, 0.05) is 5.92 Å². The van der Waals surface area contributed by atoms with E-state index in [9.17, 15) is 0 Å². The number of ether oxygens (including phenoxy) is 1. The number of hydrogen-bond donors (Lipinski definition) is 0. The minimum absolute atomic E-state index is 0.339. The Morgan fingerprint density at radius 1 is 1.08 bits per heavy atom. The zero-order chi connectivity index (χ0) is 18.0. The second-order valence-corrected chi connectivity index (χ2v) is 11.7. The van der Waals surface area contributed by atoms with Gasteiger partial charge in [0.1, 0.15) is 0 Å². The molecule has 25 heavy (non-hydrogen) atoms. The third-order valence-electron chi connectivity index (χ3n) is 8.89. The van der Waals surface area contributed by atoms with Gasteiger partial charge < -0.3 is 4.74 Å². The number of allylic oxidation sites excluding steroid dienone is 1. The minimum atomic E-state index is 0.339. The summed E-state index contributed by atoms with van der Waals surface area (Å²) in [6.07, 6.45) is 12.7. The van der Waals surface area contributed by atoms with Crippen LogP contribution in [0.5, 0.6) is 0 Å². The van der Waals surface area contributed by atoms with E-state index < -0.39 is 0 Å². The van der Waals surface area contributed by atoms with Crippen molar-refractivity contribution in [3.63, 3.8) is 0 Å². The van der Waals surface area contributed by atoms with E-state index in [1.165, 1.54) is 57.8 Å². The highest BCUT2D eigenvalue weighted by Gasteiger charge is 2.59. The normalized spacial score (nSPS) is 48.0. The Balaban J connectivity index is 1.24. The van der Waals surface area contributed by atoms with E-state index in [2.05, 4.69) is 41.2 Å². The topological polar surface area (TPSA) is 9.23 Å². The van der Waals surface area contributed by atoms with Crippen LogP contribution >= 0.6 is 0 Å². The Kier molecular flexibility index (Phi) is 4.14. The van der Waals surface area contributed by atoms with Gasteiger partial charge in [-0.25, -0.2) is 0 Å². The van der Waals surface area contributed by atoms with Crippen LogP contribution in [0.15, 0.2) is 12.3 Å². The third kappa shape index (κ3) is 3.42. The molecule has 0 aliphatic heterocycles. The van der Waals surface area contributed by atoms with Crippen LogP contribution in [-0.2, 0) is 4.74 Å². The van der Waals surface area contributed by atoms with Gasteiger partial charge in [-0.1, -0.05) is 34.3 Å². The monoisotopic (exact) mass is 344 g/mol. The van der Waals surface area contributed by atoms with Crippen LogP contribution in [0, 0.1) is 39.9 Å². The summed E-state index contributed by atoms with van der Waals surface area (Å²) in [6.45, 7) is 16.6. The molecular formula is C24H40O. The van der Waals surface area contributed by atoms with Gasteiger partial charge in [0.15, 0.2) is 0 Å². The van der Waals surface area contributed by atoms with Gasteiger partial charge >= 0.3 is 0 Å². The summed E-state index contributed by atoms with van der Waals surface area (Å²) >= 11 is 0. The van der Waals surface area contributed by atoms with Crippen LogP contribution < -0.4 is 0 Å². The molecule has 0 amide bonds. The molecule has 0 aromatic rings. The van der Waals surface area contributed by atoms with Gasteiger partial charge in [-0.2, -0.15) is 0 Å². The quantitative estimate of drug-likeness (QED) is 0.472. The van der Waals surface area contributed by atoms with E-state index in [-0.39, 0.29) is 0 Å². The Labute approximate surface area is 156 Å². The van der Waals surface area contributed by atoms with Crippen LogP contribution in [0.1, 0.15) is 92.4 Å². The lowest BCUT2D eigenvalue weighted by Crippen LogP contribution is -2.30.